The van der Waals surface area contributed by atoms with E-state index in [1.54, 1.807) is 0 Å². The fourth-order valence-corrected chi connectivity index (χ4v) is 2.12. The van der Waals surface area contributed by atoms with Gasteiger partial charge in [0.1, 0.15) is 5.76 Å². The van der Waals surface area contributed by atoms with Crippen molar-refractivity contribution in [1.82, 2.24) is 10.3 Å². The maximum Gasteiger partial charge on any atom is 0.226 e. The fraction of sp³-hybridized carbons (Fsp3) is 0.412. The highest BCUT2D eigenvalue weighted by atomic mass is 16.4. The van der Waals surface area contributed by atoms with Crippen molar-refractivity contribution in [3.05, 3.63) is 41.3 Å². The van der Waals surface area contributed by atoms with Crippen molar-refractivity contribution in [2.45, 2.75) is 40.0 Å². The summed E-state index contributed by atoms with van der Waals surface area (Å²) in [5, 5.41) is 2.90. The number of hydrogen-bond acceptors (Lipinski definition) is 3. The van der Waals surface area contributed by atoms with Gasteiger partial charge in [0.05, 0.1) is 5.69 Å². The number of hydrogen-bond donors (Lipinski definition) is 1. The number of benzene rings is 1. The van der Waals surface area contributed by atoms with E-state index in [2.05, 4.69) is 17.2 Å². The minimum absolute atomic E-state index is 0.0948. The lowest BCUT2D eigenvalue weighted by molar-refractivity contribution is -0.121. The van der Waals surface area contributed by atoms with Crippen molar-refractivity contribution < 1.29 is 9.21 Å². The number of carbonyl (C=O) groups excluding carboxylic acids is 1. The first-order valence-corrected chi connectivity index (χ1v) is 7.40. The molecular formula is C17H22N2O2. The van der Waals surface area contributed by atoms with Crippen molar-refractivity contribution >= 4 is 5.91 Å². The van der Waals surface area contributed by atoms with E-state index in [1.165, 1.54) is 5.56 Å². The van der Waals surface area contributed by atoms with Crippen molar-refractivity contribution in [3.8, 4) is 11.5 Å². The Kier molecular flexibility index (Phi) is 5.14. The lowest BCUT2D eigenvalue weighted by atomic mass is 10.1. The fourth-order valence-electron chi connectivity index (χ4n) is 2.12. The van der Waals surface area contributed by atoms with Gasteiger partial charge in [-0.05, 0) is 32.4 Å². The molecule has 1 amide bonds. The summed E-state index contributed by atoms with van der Waals surface area (Å²) in [7, 11) is 0. The van der Waals surface area contributed by atoms with E-state index in [-0.39, 0.29) is 5.91 Å². The first-order chi connectivity index (χ1) is 10.1. The van der Waals surface area contributed by atoms with Crippen LogP contribution < -0.4 is 5.32 Å². The second-order valence-corrected chi connectivity index (χ2v) is 5.24. The molecule has 112 valence electrons. The van der Waals surface area contributed by atoms with Gasteiger partial charge in [-0.25, -0.2) is 4.98 Å². The highest BCUT2D eigenvalue weighted by Gasteiger charge is 2.11. The molecule has 0 fully saturated rings. The van der Waals surface area contributed by atoms with Crippen LogP contribution in [0.15, 0.2) is 28.7 Å². The quantitative estimate of drug-likeness (QED) is 0.885. The number of carbonyl (C=O) groups is 1. The molecule has 21 heavy (non-hydrogen) atoms. The second kappa shape index (κ2) is 7.07. The Labute approximate surface area is 125 Å². The van der Waals surface area contributed by atoms with Gasteiger partial charge in [-0.3, -0.25) is 4.79 Å². The molecule has 1 aromatic carbocycles. The van der Waals surface area contributed by atoms with Crippen LogP contribution in [0, 0.1) is 13.8 Å². The predicted molar refractivity (Wildman–Crippen MR) is 83.0 cm³/mol. The maximum atomic E-state index is 11.4. The van der Waals surface area contributed by atoms with Crippen molar-refractivity contribution in [2.75, 3.05) is 6.54 Å². The maximum absolute atomic E-state index is 11.4. The summed E-state index contributed by atoms with van der Waals surface area (Å²) in [5.41, 5.74) is 3.09. The Bertz CT molecular complexity index is 600. The van der Waals surface area contributed by atoms with Crippen LogP contribution in [0.2, 0.25) is 0 Å². The van der Waals surface area contributed by atoms with Crippen LogP contribution in [0.5, 0.6) is 0 Å². The average Bonchev–Trinajstić information content (AvgIpc) is 2.81. The molecule has 2 rings (SSSR count). The van der Waals surface area contributed by atoms with Gasteiger partial charge in [0.25, 0.3) is 0 Å². The van der Waals surface area contributed by atoms with E-state index >= 15 is 0 Å². The summed E-state index contributed by atoms with van der Waals surface area (Å²) < 4.78 is 5.72. The summed E-state index contributed by atoms with van der Waals surface area (Å²) in [4.78, 5) is 16.0. The van der Waals surface area contributed by atoms with Gasteiger partial charge in [0.15, 0.2) is 0 Å². The molecule has 1 aromatic heterocycles. The molecule has 0 atom stereocenters. The zero-order valence-corrected chi connectivity index (χ0v) is 12.9. The van der Waals surface area contributed by atoms with Gasteiger partial charge in [-0.1, -0.05) is 24.6 Å². The van der Waals surface area contributed by atoms with E-state index in [0.29, 0.717) is 25.3 Å². The standard InChI is InChI=1S/C17H22N2O2/c1-4-5-16(20)18-11-10-15-13(3)21-17(19-15)14-8-6-12(2)7-9-14/h6-9H,4-5,10-11H2,1-3H3,(H,18,20). The first-order valence-electron chi connectivity index (χ1n) is 7.40. The minimum atomic E-state index is 0.0948. The van der Waals surface area contributed by atoms with Crippen LogP contribution in [0.4, 0.5) is 0 Å². The van der Waals surface area contributed by atoms with Crippen LogP contribution in [-0.2, 0) is 11.2 Å². The molecule has 0 saturated carbocycles. The monoisotopic (exact) mass is 286 g/mol. The van der Waals surface area contributed by atoms with Crippen molar-refractivity contribution in [3.63, 3.8) is 0 Å². The summed E-state index contributed by atoms with van der Waals surface area (Å²) in [6, 6.07) is 8.10. The SMILES string of the molecule is CCCC(=O)NCCc1nc(-c2ccc(C)cc2)oc1C. The van der Waals surface area contributed by atoms with E-state index in [1.807, 2.05) is 38.1 Å². The van der Waals surface area contributed by atoms with Crippen LogP contribution in [0.25, 0.3) is 11.5 Å². The lowest BCUT2D eigenvalue weighted by Crippen LogP contribution is -2.25. The van der Waals surface area contributed by atoms with Crippen molar-refractivity contribution in [1.29, 1.82) is 0 Å². The molecule has 0 aliphatic heterocycles. The number of nitrogens with zero attached hydrogens (tertiary/aromatic N) is 1. The third kappa shape index (κ3) is 4.18. The molecule has 0 saturated heterocycles. The molecule has 4 heteroatoms. The highest BCUT2D eigenvalue weighted by Crippen LogP contribution is 2.22. The van der Waals surface area contributed by atoms with E-state index < -0.39 is 0 Å². The van der Waals surface area contributed by atoms with Crippen LogP contribution in [0.1, 0.15) is 36.8 Å². The Balaban J connectivity index is 1.99. The summed E-state index contributed by atoms with van der Waals surface area (Å²) in [5.74, 6) is 1.55. The van der Waals surface area contributed by atoms with Gasteiger partial charge in [0, 0.05) is 24.9 Å². The molecule has 0 aliphatic rings. The first kappa shape index (κ1) is 15.3. The van der Waals surface area contributed by atoms with Gasteiger partial charge < -0.3 is 9.73 Å². The smallest absolute Gasteiger partial charge is 0.226 e. The average molecular weight is 286 g/mol. The topological polar surface area (TPSA) is 55.1 Å². The molecule has 0 spiro atoms. The molecule has 0 radical (unpaired) electrons. The molecule has 1 N–H and O–H groups in total. The molecular weight excluding hydrogens is 264 g/mol. The number of aromatic nitrogens is 1. The summed E-state index contributed by atoms with van der Waals surface area (Å²) in [6.45, 7) is 6.55. The third-order valence-electron chi connectivity index (χ3n) is 3.35. The number of amides is 1. The zero-order valence-electron chi connectivity index (χ0n) is 12.9. The van der Waals surface area contributed by atoms with Crippen LogP contribution in [0.3, 0.4) is 0 Å². The highest BCUT2D eigenvalue weighted by molar-refractivity contribution is 5.75. The number of rotatable bonds is 6. The molecule has 4 nitrogen and oxygen atoms in total. The van der Waals surface area contributed by atoms with Gasteiger partial charge >= 0.3 is 0 Å². The molecule has 0 unspecified atom stereocenters. The Hall–Kier alpha value is -2.10. The van der Waals surface area contributed by atoms with E-state index in [0.717, 1.165) is 23.4 Å². The molecule has 0 bridgehead atoms. The number of oxazole rings is 1. The summed E-state index contributed by atoms with van der Waals surface area (Å²) >= 11 is 0. The van der Waals surface area contributed by atoms with E-state index in [9.17, 15) is 4.79 Å². The lowest BCUT2D eigenvalue weighted by Gasteiger charge is -2.02. The third-order valence-corrected chi connectivity index (χ3v) is 3.35. The van der Waals surface area contributed by atoms with Crippen molar-refractivity contribution in [2.24, 2.45) is 0 Å². The van der Waals surface area contributed by atoms with Gasteiger partial charge in [-0.15, -0.1) is 0 Å². The van der Waals surface area contributed by atoms with Crippen LogP contribution in [-0.4, -0.2) is 17.4 Å². The second-order valence-electron chi connectivity index (χ2n) is 5.24. The number of nitrogens with one attached hydrogen (secondary N) is 1. The molecule has 0 aliphatic carbocycles. The Morgan fingerprint density at radius 1 is 1.24 bits per heavy atom. The normalized spacial score (nSPS) is 10.6. The zero-order chi connectivity index (χ0) is 15.2. The van der Waals surface area contributed by atoms with Crippen LogP contribution >= 0.6 is 0 Å². The van der Waals surface area contributed by atoms with Gasteiger partial charge in [0.2, 0.25) is 11.8 Å². The predicted octanol–water partition coefficient (Wildman–Crippen LogP) is 3.42. The van der Waals surface area contributed by atoms with E-state index in [4.69, 9.17) is 4.42 Å². The Morgan fingerprint density at radius 2 is 1.95 bits per heavy atom. The van der Waals surface area contributed by atoms with Gasteiger partial charge in [-0.2, -0.15) is 0 Å². The summed E-state index contributed by atoms with van der Waals surface area (Å²) in [6.07, 6.45) is 2.13. The molecule has 2 aromatic rings. The minimum Gasteiger partial charge on any atom is -0.441 e. The number of aryl methyl sites for hydroxylation is 2. The Morgan fingerprint density at radius 3 is 2.62 bits per heavy atom. The molecule has 1 heterocycles. The largest absolute Gasteiger partial charge is 0.441 e.